The number of nitrogens with two attached hydrogens (primary N) is 1. The normalized spacial score (nSPS) is 10.5. The molecule has 4 nitrogen and oxygen atoms in total. The number of hydrogen-bond acceptors (Lipinski definition) is 4. The average molecular weight is 259 g/mol. The molecule has 0 radical (unpaired) electrons. The summed E-state index contributed by atoms with van der Waals surface area (Å²) in [7, 11) is 0. The van der Waals surface area contributed by atoms with Crippen LogP contribution in [-0.2, 0) is 16.0 Å². The minimum atomic E-state index is -2.93. The third-order valence-corrected chi connectivity index (χ3v) is 2.33. The minimum absolute atomic E-state index is 0.0238. The molecule has 0 heterocycles. The van der Waals surface area contributed by atoms with Gasteiger partial charge >= 0.3 is 12.6 Å². The summed E-state index contributed by atoms with van der Waals surface area (Å²) < 4.78 is 33.5. The molecule has 100 valence electrons. The van der Waals surface area contributed by atoms with E-state index >= 15 is 0 Å². The highest BCUT2D eigenvalue weighted by atomic mass is 19.3. The van der Waals surface area contributed by atoms with Crippen LogP contribution in [0.2, 0.25) is 0 Å². The van der Waals surface area contributed by atoms with Gasteiger partial charge in [-0.1, -0.05) is 0 Å². The van der Waals surface area contributed by atoms with Gasteiger partial charge in [-0.05, 0) is 31.5 Å². The van der Waals surface area contributed by atoms with Gasteiger partial charge in [0.15, 0.2) is 0 Å². The summed E-state index contributed by atoms with van der Waals surface area (Å²) in [6, 6.07) is 2.92. The Morgan fingerprint density at radius 2 is 2.11 bits per heavy atom. The number of carbonyl (C=O) groups excluding carboxylic acids is 1. The molecule has 0 fully saturated rings. The van der Waals surface area contributed by atoms with E-state index in [9.17, 15) is 13.6 Å². The number of hydrogen-bond donors (Lipinski definition) is 1. The number of rotatable bonds is 5. The van der Waals surface area contributed by atoms with E-state index in [4.69, 9.17) is 10.5 Å². The van der Waals surface area contributed by atoms with Gasteiger partial charge < -0.3 is 15.2 Å². The van der Waals surface area contributed by atoms with E-state index in [1.807, 2.05) is 0 Å². The predicted octanol–water partition coefficient (Wildman–Crippen LogP) is 2.28. The van der Waals surface area contributed by atoms with Crippen molar-refractivity contribution in [3.63, 3.8) is 0 Å². The van der Waals surface area contributed by atoms with Crippen LogP contribution in [0, 0.1) is 6.92 Å². The van der Waals surface area contributed by atoms with Gasteiger partial charge in [-0.15, -0.1) is 0 Å². The van der Waals surface area contributed by atoms with Gasteiger partial charge in [-0.3, -0.25) is 4.79 Å². The predicted molar refractivity (Wildman–Crippen MR) is 62.6 cm³/mol. The third kappa shape index (κ3) is 3.87. The van der Waals surface area contributed by atoms with Crippen LogP contribution in [0.4, 0.5) is 14.5 Å². The van der Waals surface area contributed by atoms with Crippen molar-refractivity contribution in [1.29, 1.82) is 0 Å². The van der Waals surface area contributed by atoms with Crippen molar-refractivity contribution >= 4 is 11.7 Å². The Hall–Kier alpha value is -1.85. The summed E-state index contributed by atoms with van der Waals surface area (Å²) in [6.07, 6.45) is -0.0298. The molecule has 1 aromatic rings. The van der Waals surface area contributed by atoms with E-state index in [0.717, 1.165) is 0 Å². The first-order valence-corrected chi connectivity index (χ1v) is 5.43. The topological polar surface area (TPSA) is 61.5 Å². The lowest BCUT2D eigenvalue weighted by Crippen LogP contribution is -2.10. The summed E-state index contributed by atoms with van der Waals surface area (Å²) in [5.41, 5.74) is 6.87. The average Bonchev–Trinajstić information content (AvgIpc) is 2.24. The highest BCUT2D eigenvalue weighted by molar-refractivity contribution is 5.73. The molecule has 0 amide bonds. The fraction of sp³-hybridized carbons (Fsp3) is 0.417. The Bertz CT molecular complexity index is 436. The molecular weight excluding hydrogens is 244 g/mol. The Balaban J connectivity index is 2.93. The lowest BCUT2D eigenvalue weighted by atomic mass is 10.1. The van der Waals surface area contributed by atoms with Crippen LogP contribution in [0.25, 0.3) is 0 Å². The number of halogens is 2. The number of ether oxygens (including phenoxy) is 2. The van der Waals surface area contributed by atoms with E-state index in [1.165, 1.54) is 6.07 Å². The quantitative estimate of drug-likeness (QED) is 0.651. The summed E-state index contributed by atoms with van der Waals surface area (Å²) in [6.45, 7) is 0.593. The van der Waals surface area contributed by atoms with Crippen LogP contribution >= 0.6 is 0 Å². The van der Waals surface area contributed by atoms with E-state index in [2.05, 4.69) is 4.74 Å². The van der Waals surface area contributed by atoms with Crippen molar-refractivity contribution in [2.75, 3.05) is 12.3 Å². The number of nitrogen functional groups attached to an aromatic ring is 1. The molecule has 0 saturated heterocycles. The molecule has 0 bridgehead atoms. The van der Waals surface area contributed by atoms with Crippen molar-refractivity contribution in [3.8, 4) is 5.75 Å². The lowest BCUT2D eigenvalue weighted by Gasteiger charge is -2.12. The standard InChI is InChI=1S/C12H15F2NO3/c1-3-17-11(16)6-8-4-9(15)7(2)10(5-8)18-12(13)14/h4-5,12H,3,6,15H2,1-2H3. The van der Waals surface area contributed by atoms with Gasteiger partial charge in [0.05, 0.1) is 13.0 Å². The smallest absolute Gasteiger partial charge is 0.387 e. The zero-order chi connectivity index (χ0) is 13.7. The van der Waals surface area contributed by atoms with Crippen molar-refractivity contribution in [3.05, 3.63) is 23.3 Å². The second kappa shape index (κ2) is 6.18. The molecule has 0 saturated carbocycles. The number of benzene rings is 1. The summed E-state index contributed by atoms with van der Waals surface area (Å²) >= 11 is 0. The first kappa shape index (κ1) is 14.2. The van der Waals surface area contributed by atoms with Crippen LogP contribution in [0.1, 0.15) is 18.1 Å². The van der Waals surface area contributed by atoms with Gasteiger partial charge in [-0.2, -0.15) is 8.78 Å². The fourth-order valence-electron chi connectivity index (χ4n) is 1.47. The van der Waals surface area contributed by atoms with Crippen LogP contribution in [0.15, 0.2) is 12.1 Å². The summed E-state index contributed by atoms with van der Waals surface area (Å²) in [5, 5.41) is 0. The minimum Gasteiger partial charge on any atom is -0.466 e. The third-order valence-electron chi connectivity index (χ3n) is 2.33. The zero-order valence-corrected chi connectivity index (χ0v) is 10.2. The first-order valence-electron chi connectivity index (χ1n) is 5.43. The highest BCUT2D eigenvalue weighted by Gasteiger charge is 2.13. The Labute approximate surface area is 104 Å². The molecule has 0 atom stereocenters. The fourth-order valence-corrected chi connectivity index (χ4v) is 1.47. The molecule has 1 aromatic carbocycles. The number of esters is 1. The Morgan fingerprint density at radius 1 is 1.44 bits per heavy atom. The molecule has 0 spiro atoms. The molecule has 1 rings (SSSR count). The molecule has 0 unspecified atom stereocenters. The molecule has 0 aliphatic carbocycles. The highest BCUT2D eigenvalue weighted by Crippen LogP contribution is 2.27. The van der Waals surface area contributed by atoms with Gasteiger partial charge in [0.1, 0.15) is 5.75 Å². The molecule has 2 N–H and O–H groups in total. The van der Waals surface area contributed by atoms with E-state index in [1.54, 1.807) is 19.9 Å². The van der Waals surface area contributed by atoms with Crippen LogP contribution in [-0.4, -0.2) is 19.2 Å². The van der Waals surface area contributed by atoms with Gasteiger partial charge in [0.2, 0.25) is 0 Å². The van der Waals surface area contributed by atoms with Crippen molar-refractivity contribution < 1.29 is 23.0 Å². The van der Waals surface area contributed by atoms with Crippen molar-refractivity contribution in [1.82, 2.24) is 0 Å². The van der Waals surface area contributed by atoms with Crippen LogP contribution < -0.4 is 10.5 Å². The number of carbonyl (C=O) groups is 1. The Kier molecular flexibility index (Phi) is 4.88. The summed E-state index contributed by atoms with van der Waals surface area (Å²) in [4.78, 5) is 11.3. The van der Waals surface area contributed by atoms with E-state index in [0.29, 0.717) is 16.8 Å². The van der Waals surface area contributed by atoms with Crippen molar-refractivity contribution in [2.45, 2.75) is 26.9 Å². The maximum Gasteiger partial charge on any atom is 0.387 e. The summed E-state index contributed by atoms with van der Waals surface area (Å²) in [5.74, 6) is -0.465. The SMILES string of the molecule is CCOC(=O)Cc1cc(N)c(C)c(OC(F)F)c1. The molecule has 0 aromatic heterocycles. The second-order valence-electron chi connectivity index (χ2n) is 3.67. The Morgan fingerprint density at radius 3 is 2.67 bits per heavy atom. The molecular formula is C12H15F2NO3. The largest absolute Gasteiger partial charge is 0.466 e. The molecule has 6 heteroatoms. The van der Waals surface area contributed by atoms with Gasteiger partial charge in [0.25, 0.3) is 0 Å². The monoisotopic (exact) mass is 259 g/mol. The van der Waals surface area contributed by atoms with Crippen molar-refractivity contribution in [2.24, 2.45) is 0 Å². The number of anilines is 1. The van der Waals surface area contributed by atoms with E-state index < -0.39 is 12.6 Å². The molecule has 18 heavy (non-hydrogen) atoms. The molecule has 0 aliphatic heterocycles. The second-order valence-corrected chi connectivity index (χ2v) is 3.67. The maximum absolute atomic E-state index is 12.2. The van der Waals surface area contributed by atoms with E-state index in [-0.39, 0.29) is 18.8 Å². The van der Waals surface area contributed by atoms with Gasteiger partial charge in [-0.25, -0.2) is 0 Å². The lowest BCUT2D eigenvalue weighted by molar-refractivity contribution is -0.142. The molecule has 0 aliphatic rings. The van der Waals surface area contributed by atoms with Gasteiger partial charge in [0, 0.05) is 11.3 Å². The zero-order valence-electron chi connectivity index (χ0n) is 10.2. The number of alkyl halides is 2. The van der Waals surface area contributed by atoms with Crippen LogP contribution in [0.5, 0.6) is 5.75 Å². The maximum atomic E-state index is 12.2. The van der Waals surface area contributed by atoms with Crippen LogP contribution in [0.3, 0.4) is 0 Å². The first-order chi connectivity index (χ1) is 8.43.